The van der Waals surface area contributed by atoms with Gasteiger partial charge in [-0.05, 0) is 24.1 Å². The Labute approximate surface area is 131 Å². The fourth-order valence-corrected chi connectivity index (χ4v) is 2.71. The summed E-state index contributed by atoms with van der Waals surface area (Å²) in [5, 5.41) is 2.71. The molecule has 1 aromatic rings. The molecule has 5 nitrogen and oxygen atoms in total. The van der Waals surface area contributed by atoms with E-state index in [1.807, 2.05) is 6.92 Å². The van der Waals surface area contributed by atoms with Gasteiger partial charge in [-0.15, -0.1) is 0 Å². The average Bonchev–Trinajstić information content (AvgIpc) is 2.45. The minimum Gasteiger partial charge on any atom is -0.355 e. The number of rotatable bonds is 9. The highest BCUT2D eigenvalue weighted by molar-refractivity contribution is 7.88. The number of nitrogens with one attached hydrogen (secondary N) is 1. The van der Waals surface area contributed by atoms with Gasteiger partial charge >= 0.3 is 0 Å². The summed E-state index contributed by atoms with van der Waals surface area (Å²) in [6.07, 6.45) is 3.33. The molecule has 0 saturated heterocycles. The third-order valence-electron chi connectivity index (χ3n) is 3.18. The van der Waals surface area contributed by atoms with Crippen LogP contribution in [0.15, 0.2) is 24.3 Å². The van der Waals surface area contributed by atoms with Gasteiger partial charge in [-0.3, -0.25) is 4.79 Å². The van der Waals surface area contributed by atoms with E-state index in [9.17, 15) is 17.6 Å². The third kappa shape index (κ3) is 7.00. The number of nitrogens with zero attached hydrogens (tertiary/aromatic N) is 1. The largest absolute Gasteiger partial charge is 0.355 e. The summed E-state index contributed by atoms with van der Waals surface area (Å²) >= 11 is 0. The number of carbonyl (C=O) groups is 1. The Morgan fingerprint density at radius 2 is 1.91 bits per heavy atom. The van der Waals surface area contributed by atoms with E-state index in [1.165, 1.54) is 16.4 Å². The first kappa shape index (κ1) is 18.6. The number of halogens is 1. The fourth-order valence-electron chi connectivity index (χ4n) is 1.90. The number of carbonyl (C=O) groups excluding carboxylic acids is 1. The van der Waals surface area contributed by atoms with Gasteiger partial charge in [-0.25, -0.2) is 12.8 Å². The first-order chi connectivity index (χ1) is 10.3. The lowest BCUT2D eigenvalue weighted by Gasteiger charge is -2.20. The van der Waals surface area contributed by atoms with Gasteiger partial charge < -0.3 is 5.32 Å². The molecule has 0 radical (unpaired) electrons. The Bertz CT molecular complexity index is 573. The summed E-state index contributed by atoms with van der Waals surface area (Å²) in [4.78, 5) is 11.5. The molecule has 1 aromatic carbocycles. The van der Waals surface area contributed by atoms with Gasteiger partial charge in [-0.2, -0.15) is 4.31 Å². The first-order valence-corrected chi connectivity index (χ1v) is 9.14. The molecule has 0 atom stereocenters. The summed E-state index contributed by atoms with van der Waals surface area (Å²) in [5.74, 6) is -0.435. The van der Waals surface area contributed by atoms with Gasteiger partial charge in [0.25, 0.3) is 0 Å². The summed E-state index contributed by atoms with van der Waals surface area (Å²) < 4.78 is 37.7. The van der Waals surface area contributed by atoms with Crippen LogP contribution in [0, 0.1) is 5.82 Å². The highest BCUT2D eigenvalue weighted by atomic mass is 32.2. The SMILES string of the molecule is CCCCC(=O)NCCN(Cc1ccc(F)cc1)S(C)(=O)=O. The van der Waals surface area contributed by atoms with E-state index < -0.39 is 10.0 Å². The molecule has 0 saturated carbocycles. The third-order valence-corrected chi connectivity index (χ3v) is 4.43. The second kappa shape index (κ2) is 8.85. The van der Waals surface area contributed by atoms with Crippen LogP contribution >= 0.6 is 0 Å². The highest BCUT2D eigenvalue weighted by Crippen LogP contribution is 2.09. The van der Waals surface area contributed by atoms with E-state index in [4.69, 9.17) is 0 Å². The van der Waals surface area contributed by atoms with Crippen molar-refractivity contribution in [2.24, 2.45) is 0 Å². The molecule has 0 spiro atoms. The molecule has 7 heteroatoms. The van der Waals surface area contributed by atoms with Crippen LogP contribution in [0.25, 0.3) is 0 Å². The van der Waals surface area contributed by atoms with Gasteiger partial charge in [0.1, 0.15) is 5.82 Å². The van der Waals surface area contributed by atoms with E-state index in [-0.39, 0.29) is 31.4 Å². The van der Waals surface area contributed by atoms with Gasteiger partial charge in [0.15, 0.2) is 0 Å². The lowest BCUT2D eigenvalue weighted by molar-refractivity contribution is -0.121. The van der Waals surface area contributed by atoms with Crippen molar-refractivity contribution in [1.29, 1.82) is 0 Å². The minimum atomic E-state index is -3.40. The smallest absolute Gasteiger partial charge is 0.220 e. The topological polar surface area (TPSA) is 66.5 Å². The molecule has 0 unspecified atom stereocenters. The lowest BCUT2D eigenvalue weighted by Crippen LogP contribution is -2.37. The van der Waals surface area contributed by atoms with E-state index >= 15 is 0 Å². The van der Waals surface area contributed by atoms with Crippen LogP contribution in [0.1, 0.15) is 31.7 Å². The van der Waals surface area contributed by atoms with Gasteiger partial charge in [-0.1, -0.05) is 25.5 Å². The molecule has 0 bridgehead atoms. The maximum atomic E-state index is 12.9. The quantitative estimate of drug-likeness (QED) is 0.752. The Balaban J connectivity index is 2.55. The Kier molecular flexibility index (Phi) is 7.47. The number of benzene rings is 1. The molecule has 22 heavy (non-hydrogen) atoms. The summed E-state index contributed by atoms with van der Waals surface area (Å²) in [5.41, 5.74) is 0.698. The molecule has 0 aliphatic heterocycles. The maximum Gasteiger partial charge on any atom is 0.220 e. The Morgan fingerprint density at radius 1 is 1.27 bits per heavy atom. The normalized spacial score (nSPS) is 11.6. The molecule has 0 aliphatic rings. The average molecular weight is 330 g/mol. The second-order valence-corrected chi connectivity index (χ2v) is 7.16. The summed E-state index contributed by atoms with van der Waals surface area (Å²) in [6.45, 7) is 2.61. The summed E-state index contributed by atoms with van der Waals surface area (Å²) in [7, 11) is -3.40. The molecule has 1 amide bonds. The van der Waals surface area contributed by atoms with Crippen LogP contribution in [0.5, 0.6) is 0 Å². The van der Waals surface area contributed by atoms with Crippen molar-refractivity contribution in [1.82, 2.24) is 9.62 Å². The Hall–Kier alpha value is -1.47. The maximum absolute atomic E-state index is 12.9. The van der Waals surface area contributed by atoms with E-state index in [0.717, 1.165) is 19.1 Å². The van der Waals surface area contributed by atoms with Gasteiger partial charge in [0, 0.05) is 26.1 Å². The van der Waals surface area contributed by atoms with Crippen LogP contribution in [0.3, 0.4) is 0 Å². The minimum absolute atomic E-state index is 0.0721. The molecular weight excluding hydrogens is 307 g/mol. The zero-order chi connectivity index (χ0) is 16.6. The zero-order valence-corrected chi connectivity index (χ0v) is 13.8. The molecule has 124 valence electrons. The van der Waals surface area contributed by atoms with Gasteiger partial charge in [0.05, 0.1) is 6.26 Å². The van der Waals surface area contributed by atoms with Crippen molar-refractivity contribution >= 4 is 15.9 Å². The fraction of sp³-hybridized carbons (Fsp3) is 0.533. The lowest BCUT2D eigenvalue weighted by atomic mass is 10.2. The zero-order valence-electron chi connectivity index (χ0n) is 13.0. The summed E-state index contributed by atoms with van der Waals surface area (Å²) in [6, 6.07) is 5.69. The van der Waals surface area contributed by atoms with Crippen molar-refractivity contribution < 1.29 is 17.6 Å². The van der Waals surface area contributed by atoms with E-state index in [2.05, 4.69) is 5.32 Å². The van der Waals surface area contributed by atoms with Crippen molar-refractivity contribution in [2.45, 2.75) is 32.7 Å². The van der Waals surface area contributed by atoms with E-state index in [0.29, 0.717) is 12.0 Å². The van der Waals surface area contributed by atoms with Crippen LogP contribution in [-0.2, 0) is 21.4 Å². The first-order valence-electron chi connectivity index (χ1n) is 7.29. The highest BCUT2D eigenvalue weighted by Gasteiger charge is 2.17. The van der Waals surface area contributed by atoms with Crippen molar-refractivity contribution in [2.75, 3.05) is 19.3 Å². The van der Waals surface area contributed by atoms with Gasteiger partial charge in [0.2, 0.25) is 15.9 Å². The van der Waals surface area contributed by atoms with Crippen molar-refractivity contribution in [3.05, 3.63) is 35.6 Å². The number of hydrogen-bond donors (Lipinski definition) is 1. The predicted octanol–water partition coefficient (Wildman–Crippen LogP) is 1.89. The number of unbranched alkanes of at least 4 members (excludes halogenated alkanes) is 1. The molecule has 1 N–H and O–H groups in total. The second-order valence-electron chi connectivity index (χ2n) is 5.18. The molecule has 0 heterocycles. The van der Waals surface area contributed by atoms with E-state index in [1.54, 1.807) is 12.1 Å². The molecule has 0 aliphatic carbocycles. The van der Waals surface area contributed by atoms with Crippen molar-refractivity contribution in [3.8, 4) is 0 Å². The van der Waals surface area contributed by atoms with Crippen LogP contribution in [-0.4, -0.2) is 38.0 Å². The van der Waals surface area contributed by atoms with Crippen LogP contribution in [0.4, 0.5) is 4.39 Å². The molecule has 0 aromatic heterocycles. The van der Waals surface area contributed by atoms with Crippen LogP contribution < -0.4 is 5.32 Å². The standard InChI is InChI=1S/C15H23FN2O3S/c1-3-4-5-15(19)17-10-11-18(22(2,20)21)12-13-6-8-14(16)9-7-13/h6-9H,3-5,10-12H2,1-2H3,(H,17,19). The molecule has 0 fully saturated rings. The Morgan fingerprint density at radius 3 is 2.45 bits per heavy atom. The molecular formula is C15H23FN2O3S. The number of hydrogen-bond acceptors (Lipinski definition) is 3. The monoisotopic (exact) mass is 330 g/mol. The van der Waals surface area contributed by atoms with Crippen LogP contribution in [0.2, 0.25) is 0 Å². The predicted molar refractivity (Wildman–Crippen MR) is 84.2 cm³/mol. The number of sulfonamides is 1. The number of amides is 1. The molecule has 1 rings (SSSR count). The van der Waals surface area contributed by atoms with Crippen molar-refractivity contribution in [3.63, 3.8) is 0 Å².